The Morgan fingerprint density at radius 1 is 0.737 bits per heavy atom. The van der Waals surface area contributed by atoms with Crippen LogP contribution in [0.5, 0.6) is 0 Å². The first-order chi connectivity index (χ1) is 9.36. The molecule has 3 rings (SSSR count). The van der Waals surface area contributed by atoms with Crippen LogP contribution in [0.3, 0.4) is 0 Å². The highest BCUT2D eigenvalue weighted by atomic mass is 16.5. The van der Waals surface area contributed by atoms with Crippen LogP contribution < -0.4 is 0 Å². The fraction of sp³-hybridized carbons (Fsp3) is 1.00. The maximum atomic E-state index is 5.40. The van der Waals surface area contributed by atoms with Gasteiger partial charge in [0.2, 0.25) is 0 Å². The zero-order valence-corrected chi connectivity index (χ0v) is 12.4. The van der Waals surface area contributed by atoms with Crippen LogP contribution in [0.15, 0.2) is 0 Å². The molecule has 1 saturated carbocycles. The van der Waals surface area contributed by atoms with Crippen LogP contribution in [0.4, 0.5) is 0 Å². The minimum atomic E-state index is 0.778. The molecule has 0 radical (unpaired) electrons. The van der Waals surface area contributed by atoms with E-state index in [-0.39, 0.29) is 0 Å². The fourth-order valence-electron chi connectivity index (χ4n) is 4.22. The third kappa shape index (κ3) is 3.71. The molecule has 1 spiro atoms. The highest BCUT2D eigenvalue weighted by Crippen LogP contribution is 2.45. The van der Waals surface area contributed by atoms with Crippen LogP contribution in [0.2, 0.25) is 0 Å². The normalized spacial score (nSPS) is 29.1. The van der Waals surface area contributed by atoms with Crippen molar-refractivity contribution in [2.24, 2.45) is 5.41 Å². The molecule has 0 amide bonds. The van der Waals surface area contributed by atoms with Gasteiger partial charge in [-0.2, -0.15) is 0 Å². The van der Waals surface area contributed by atoms with Gasteiger partial charge in [0.05, 0.1) is 13.2 Å². The minimum absolute atomic E-state index is 0.778. The molecule has 19 heavy (non-hydrogen) atoms. The van der Waals surface area contributed by atoms with Gasteiger partial charge in [-0.25, -0.2) is 0 Å². The van der Waals surface area contributed by atoms with Crippen LogP contribution in [-0.2, 0) is 4.74 Å². The predicted octanol–water partition coefficient (Wildman–Crippen LogP) is 2.36. The van der Waals surface area contributed by atoms with Gasteiger partial charge < -0.3 is 9.64 Å². The van der Waals surface area contributed by atoms with E-state index >= 15 is 0 Å². The van der Waals surface area contributed by atoms with E-state index in [1.165, 1.54) is 71.1 Å². The van der Waals surface area contributed by atoms with E-state index in [9.17, 15) is 0 Å². The van der Waals surface area contributed by atoms with Crippen LogP contribution in [0.1, 0.15) is 44.9 Å². The zero-order valence-electron chi connectivity index (χ0n) is 12.4. The molecule has 1 aliphatic carbocycles. The average molecular weight is 266 g/mol. The summed E-state index contributed by atoms with van der Waals surface area (Å²) >= 11 is 0. The highest BCUT2D eigenvalue weighted by molar-refractivity contribution is 4.89. The average Bonchev–Trinajstić information content (AvgIpc) is 2.91. The maximum Gasteiger partial charge on any atom is 0.0594 e. The molecule has 2 heterocycles. The van der Waals surface area contributed by atoms with Gasteiger partial charge >= 0.3 is 0 Å². The summed E-state index contributed by atoms with van der Waals surface area (Å²) in [5, 5.41) is 0. The molecule has 0 aromatic heterocycles. The van der Waals surface area contributed by atoms with Crippen molar-refractivity contribution in [3.63, 3.8) is 0 Å². The summed E-state index contributed by atoms with van der Waals surface area (Å²) < 4.78 is 5.40. The van der Waals surface area contributed by atoms with Gasteiger partial charge in [-0.05, 0) is 63.7 Å². The van der Waals surface area contributed by atoms with Crippen molar-refractivity contribution in [3.8, 4) is 0 Å². The Balaban J connectivity index is 1.31. The maximum absolute atomic E-state index is 5.40. The first kappa shape index (κ1) is 13.8. The molecule has 110 valence electrons. The largest absolute Gasteiger partial charge is 0.379 e. The molecule has 3 nitrogen and oxygen atoms in total. The van der Waals surface area contributed by atoms with Crippen LogP contribution >= 0.6 is 0 Å². The number of morpholine rings is 1. The highest BCUT2D eigenvalue weighted by Gasteiger charge is 2.36. The standard InChI is InChI=1S/C16H30N2O/c1-2-5-16(4-1)6-10-17(11-7-16)8-3-9-18-12-14-19-15-13-18/h1-15H2. The number of ether oxygens (including phenoxy) is 1. The molecular formula is C16H30N2O. The summed E-state index contributed by atoms with van der Waals surface area (Å²) in [5.41, 5.74) is 0.778. The molecule has 0 aromatic carbocycles. The quantitative estimate of drug-likeness (QED) is 0.777. The van der Waals surface area contributed by atoms with Crippen molar-refractivity contribution < 1.29 is 4.74 Å². The molecule has 2 aliphatic heterocycles. The van der Waals surface area contributed by atoms with Crippen molar-refractivity contribution in [2.75, 3.05) is 52.5 Å². The Kier molecular flexibility index (Phi) is 4.78. The molecule has 3 heteroatoms. The second-order valence-corrected chi connectivity index (χ2v) is 6.86. The lowest BCUT2D eigenvalue weighted by atomic mass is 9.77. The van der Waals surface area contributed by atoms with E-state index < -0.39 is 0 Å². The van der Waals surface area contributed by atoms with E-state index in [4.69, 9.17) is 4.74 Å². The number of hydrogen-bond acceptors (Lipinski definition) is 3. The third-order valence-electron chi connectivity index (χ3n) is 5.63. The van der Waals surface area contributed by atoms with Crippen molar-refractivity contribution in [2.45, 2.75) is 44.9 Å². The smallest absolute Gasteiger partial charge is 0.0594 e. The van der Waals surface area contributed by atoms with Gasteiger partial charge in [0.15, 0.2) is 0 Å². The SMILES string of the molecule is C(CN1CCOCC1)CN1CCC2(CCCC2)CC1. The second-order valence-electron chi connectivity index (χ2n) is 6.86. The van der Waals surface area contributed by atoms with Gasteiger partial charge in [0, 0.05) is 13.1 Å². The summed E-state index contributed by atoms with van der Waals surface area (Å²) in [7, 11) is 0. The van der Waals surface area contributed by atoms with Crippen LogP contribution in [0, 0.1) is 5.41 Å². The van der Waals surface area contributed by atoms with Gasteiger partial charge in [0.1, 0.15) is 0 Å². The zero-order chi connectivity index (χ0) is 13.0. The molecular weight excluding hydrogens is 236 g/mol. The third-order valence-corrected chi connectivity index (χ3v) is 5.63. The van der Waals surface area contributed by atoms with E-state index in [0.29, 0.717) is 0 Å². The summed E-state index contributed by atoms with van der Waals surface area (Å²) in [6, 6.07) is 0. The van der Waals surface area contributed by atoms with Crippen molar-refractivity contribution >= 4 is 0 Å². The number of likely N-dealkylation sites (tertiary alicyclic amines) is 1. The monoisotopic (exact) mass is 266 g/mol. The van der Waals surface area contributed by atoms with Gasteiger partial charge in [-0.1, -0.05) is 12.8 Å². The van der Waals surface area contributed by atoms with E-state index in [1.54, 1.807) is 0 Å². The fourth-order valence-corrected chi connectivity index (χ4v) is 4.22. The number of rotatable bonds is 4. The summed E-state index contributed by atoms with van der Waals surface area (Å²) in [6.07, 6.45) is 10.3. The minimum Gasteiger partial charge on any atom is -0.379 e. The predicted molar refractivity (Wildman–Crippen MR) is 78.5 cm³/mol. The van der Waals surface area contributed by atoms with Gasteiger partial charge in [-0.15, -0.1) is 0 Å². The molecule has 2 saturated heterocycles. The number of nitrogens with zero attached hydrogens (tertiary/aromatic N) is 2. The summed E-state index contributed by atoms with van der Waals surface area (Å²) in [6.45, 7) is 9.47. The molecule has 3 fully saturated rings. The summed E-state index contributed by atoms with van der Waals surface area (Å²) in [4.78, 5) is 5.27. The Morgan fingerprint density at radius 2 is 1.32 bits per heavy atom. The van der Waals surface area contributed by atoms with Crippen molar-refractivity contribution in [3.05, 3.63) is 0 Å². The van der Waals surface area contributed by atoms with Crippen molar-refractivity contribution in [1.82, 2.24) is 9.80 Å². The van der Waals surface area contributed by atoms with Gasteiger partial charge in [0.25, 0.3) is 0 Å². The lowest BCUT2D eigenvalue weighted by molar-refractivity contribution is 0.0345. The molecule has 0 atom stereocenters. The van der Waals surface area contributed by atoms with E-state index in [1.807, 2.05) is 0 Å². The Morgan fingerprint density at radius 3 is 1.95 bits per heavy atom. The first-order valence-electron chi connectivity index (χ1n) is 8.39. The Bertz CT molecular complexity index is 260. The molecule has 0 unspecified atom stereocenters. The van der Waals surface area contributed by atoms with Gasteiger partial charge in [-0.3, -0.25) is 4.90 Å². The number of piperidine rings is 1. The Labute approximate surface area is 118 Å². The molecule has 0 aromatic rings. The molecule has 0 bridgehead atoms. The first-order valence-corrected chi connectivity index (χ1v) is 8.39. The lowest BCUT2D eigenvalue weighted by Gasteiger charge is -2.39. The second kappa shape index (κ2) is 6.55. The van der Waals surface area contributed by atoms with E-state index in [2.05, 4.69) is 9.80 Å². The van der Waals surface area contributed by atoms with Crippen LogP contribution in [-0.4, -0.2) is 62.3 Å². The van der Waals surface area contributed by atoms with Crippen molar-refractivity contribution in [1.29, 1.82) is 0 Å². The van der Waals surface area contributed by atoms with Crippen LogP contribution in [0.25, 0.3) is 0 Å². The molecule has 3 aliphatic rings. The Hall–Kier alpha value is -0.120. The topological polar surface area (TPSA) is 15.7 Å². The lowest BCUT2D eigenvalue weighted by Crippen LogP contribution is -2.41. The summed E-state index contributed by atoms with van der Waals surface area (Å²) in [5.74, 6) is 0. The number of hydrogen-bond donors (Lipinski definition) is 0. The molecule has 0 N–H and O–H groups in total. The van der Waals surface area contributed by atoms with E-state index in [0.717, 1.165) is 31.7 Å².